The van der Waals surface area contributed by atoms with Crippen LogP contribution in [-0.2, 0) is 0 Å². The number of aryl methyl sites for hydroxylation is 2. The average Bonchev–Trinajstić information content (AvgIpc) is 2.81. The first-order chi connectivity index (χ1) is 15.9. The van der Waals surface area contributed by atoms with E-state index in [0.29, 0.717) is 22.8 Å². The number of carbonyl (C=O) groups excluding carboxylic acids is 2. The van der Waals surface area contributed by atoms with Crippen molar-refractivity contribution in [2.24, 2.45) is 0 Å². The number of aromatic nitrogens is 2. The second-order valence-electron chi connectivity index (χ2n) is 8.31. The van der Waals surface area contributed by atoms with Crippen LogP contribution < -0.4 is 10.6 Å². The van der Waals surface area contributed by atoms with E-state index in [-0.39, 0.29) is 11.8 Å². The molecule has 2 amide bonds. The van der Waals surface area contributed by atoms with Crippen LogP contribution in [0.1, 0.15) is 31.8 Å². The van der Waals surface area contributed by atoms with Gasteiger partial charge in [0, 0.05) is 43.0 Å². The Labute approximate surface area is 193 Å². The summed E-state index contributed by atoms with van der Waals surface area (Å²) in [6.45, 7) is 7.10. The maximum Gasteiger partial charge on any atom is 0.256 e. The van der Waals surface area contributed by atoms with Crippen molar-refractivity contribution in [3.05, 3.63) is 77.1 Å². The Morgan fingerprint density at radius 2 is 1.45 bits per heavy atom. The highest BCUT2D eigenvalue weighted by Gasteiger charge is 2.20. The summed E-state index contributed by atoms with van der Waals surface area (Å²) in [6.07, 6.45) is 3.12. The van der Waals surface area contributed by atoms with E-state index in [4.69, 9.17) is 0 Å². The quantitative estimate of drug-likeness (QED) is 0.626. The minimum atomic E-state index is -0.185. The lowest BCUT2D eigenvalue weighted by atomic mass is 10.0. The number of hydrogen-bond acceptors (Lipinski definition) is 6. The van der Waals surface area contributed by atoms with Gasteiger partial charge in [0.15, 0.2) is 0 Å². The van der Waals surface area contributed by atoms with Crippen LogP contribution in [0.4, 0.5) is 17.3 Å². The molecule has 0 aliphatic carbocycles. The Morgan fingerprint density at radius 3 is 2.06 bits per heavy atom. The number of piperazine rings is 1. The van der Waals surface area contributed by atoms with E-state index < -0.39 is 0 Å². The summed E-state index contributed by atoms with van der Waals surface area (Å²) in [5, 5.41) is 5.97. The van der Waals surface area contributed by atoms with Crippen LogP contribution in [0.2, 0.25) is 0 Å². The van der Waals surface area contributed by atoms with Gasteiger partial charge in [-0.25, -0.2) is 9.97 Å². The summed E-state index contributed by atoms with van der Waals surface area (Å²) < 4.78 is 0. The molecule has 170 valence electrons. The van der Waals surface area contributed by atoms with Crippen LogP contribution in [0, 0.1) is 13.8 Å². The van der Waals surface area contributed by atoms with E-state index in [1.807, 2.05) is 61.2 Å². The molecule has 0 atom stereocenters. The molecule has 2 heterocycles. The molecule has 1 saturated heterocycles. The van der Waals surface area contributed by atoms with E-state index in [9.17, 15) is 9.59 Å². The second-order valence-corrected chi connectivity index (χ2v) is 8.31. The minimum Gasteiger partial charge on any atom is -0.336 e. The van der Waals surface area contributed by atoms with Gasteiger partial charge in [0.1, 0.15) is 0 Å². The number of carbonyl (C=O) groups is 2. The van der Waals surface area contributed by atoms with E-state index in [1.165, 1.54) is 0 Å². The standard InChI is InChI=1S/C25H28N6O2/c1-17-5-4-6-18(2)22(17)23(32)28-21-15-26-25(27-16-21)29-20-9-7-19(8-10-20)24(33)31-13-11-30(3)12-14-31/h4-10,15-16H,11-14H2,1-3H3,(H,28,32)(H,26,27,29). The number of nitrogens with zero attached hydrogens (tertiary/aromatic N) is 4. The molecule has 0 saturated carbocycles. The van der Waals surface area contributed by atoms with Gasteiger partial charge in [-0.3, -0.25) is 9.59 Å². The maximum atomic E-state index is 12.7. The van der Waals surface area contributed by atoms with Gasteiger partial charge in [0.05, 0.1) is 18.1 Å². The van der Waals surface area contributed by atoms with Crippen molar-refractivity contribution >= 4 is 29.1 Å². The van der Waals surface area contributed by atoms with Gasteiger partial charge in [-0.05, 0) is 56.3 Å². The molecule has 0 radical (unpaired) electrons. The summed E-state index contributed by atoms with van der Waals surface area (Å²) in [5.41, 5.74) is 4.45. The zero-order valence-corrected chi connectivity index (χ0v) is 19.1. The van der Waals surface area contributed by atoms with Crippen molar-refractivity contribution in [1.82, 2.24) is 19.8 Å². The fourth-order valence-electron chi connectivity index (χ4n) is 3.84. The normalized spacial score (nSPS) is 14.1. The van der Waals surface area contributed by atoms with Crippen molar-refractivity contribution < 1.29 is 9.59 Å². The SMILES string of the molecule is Cc1cccc(C)c1C(=O)Nc1cnc(Nc2ccc(C(=O)N3CCN(C)CC3)cc2)nc1. The molecule has 4 rings (SSSR count). The molecule has 33 heavy (non-hydrogen) atoms. The smallest absolute Gasteiger partial charge is 0.256 e. The fourth-order valence-corrected chi connectivity index (χ4v) is 3.84. The summed E-state index contributed by atoms with van der Waals surface area (Å²) in [6, 6.07) is 13.0. The van der Waals surface area contributed by atoms with Gasteiger partial charge in [-0.2, -0.15) is 0 Å². The molecule has 2 N–H and O–H groups in total. The van der Waals surface area contributed by atoms with Gasteiger partial charge >= 0.3 is 0 Å². The van der Waals surface area contributed by atoms with Crippen molar-refractivity contribution in [2.75, 3.05) is 43.9 Å². The van der Waals surface area contributed by atoms with Crippen molar-refractivity contribution in [3.8, 4) is 0 Å². The molecule has 1 aliphatic heterocycles. The Hall–Kier alpha value is -3.78. The summed E-state index contributed by atoms with van der Waals surface area (Å²) in [4.78, 5) is 38.0. The molecule has 0 unspecified atom stereocenters. The van der Waals surface area contributed by atoms with Gasteiger partial charge in [0.25, 0.3) is 11.8 Å². The molecular formula is C25H28N6O2. The summed E-state index contributed by atoms with van der Waals surface area (Å²) >= 11 is 0. The highest BCUT2D eigenvalue weighted by Crippen LogP contribution is 2.18. The van der Waals surface area contributed by atoms with Crippen LogP contribution in [0.15, 0.2) is 54.9 Å². The summed E-state index contributed by atoms with van der Waals surface area (Å²) in [5.74, 6) is 0.267. The lowest BCUT2D eigenvalue weighted by Gasteiger charge is -2.32. The van der Waals surface area contributed by atoms with Crippen molar-refractivity contribution in [1.29, 1.82) is 0 Å². The highest BCUT2D eigenvalue weighted by atomic mass is 16.2. The fraction of sp³-hybridized carbons (Fsp3) is 0.280. The van der Waals surface area contributed by atoms with Gasteiger partial charge in [-0.1, -0.05) is 18.2 Å². The molecule has 0 bridgehead atoms. The Balaban J connectivity index is 1.36. The van der Waals surface area contributed by atoms with Crippen LogP contribution in [-0.4, -0.2) is 64.8 Å². The third kappa shape index (κ3) is 5.35. The zero-order valence-electron chi connectivity index (χ0n) is 19.1. The van der Waals surface area contributed by atoms with Gasteiger partial charge in [-0.15, -0.1) is 0 Å². The zero-order chi connectivity index (χ0) is 23.4. The molecular weight excluding hydrogens is 416 g/mol. The first-order valence-electron chi connectivity index (χ1n) is 11.0. The van der Waals surface area contributed by atoms with Crippen molar-refractivity contribution in [3.63, 3.8) is 0 Å². The van der Waals surface area contributed by atoms with Crippen molar-refractivity contribution in [2.45, 2.75) is 13.8 Å². The molecule has 8 heteroatoms. The van der Waals surface area contributed by atoms with E-state index >= 15 is 0 Å². The topological polar surface area (TPSA) is 90.5 Å². The predicted molar refractivity (Wildman–Crippen MR) is 129 cm³/mol. The molecule has 8 nitrogen and oxygen atoms in total. The number of anilines is 3. The minimum absolute atomic E-state index is 0.0508. The lowest BCUT2D eigenvalue weighted by molar-refractivity contribution is 0.0664. The number of nitrogens with one attached hydrogen (secondary N) is 2. The van der Waals surface area contributed by atoms with Crippen LogP contribution in [0.5, 0.6) is 0 Å². The Morgan fingerprint density at radius 1 is 0.848 bits per heavy atom. The molecule has 1 aromatic heterocycles. The number of amides is 2. The number of hydrogen-bond donors (Lipinski definition) is 2. The first kappa shape index (κ1) is 22.4. The first-order valence-corrected chi connectivity index (χ1v) is 11.0. The van der Waals surface area contributed by atoms with Gasteiger partial charge in [0.2, 0.25) is 5.95 Å². The second kappa shape index (κ2) is 9.79. The van der Waals surface area contributed by atoms with E-state index in [0.717, 1.165) is 43.0 Å². The number of benzene rings is 2. The Bertz CT molecular complexity index is 1120. The molecule has 1 aliphatic rings. The maximum absolute atomic E-state index is 12.7. The molecule has 3 aromatic rings. The number of rotatable bonds is 5. The van der Waals surface area contributed by atoms with Gasteiger partial charge < -0.3 is 20.4 Å². The third-order valence-corrected chi connectivity index (χ3v) is 5.80. The molecule has 1 fully saturated rings. The van der Waals surface area contributed by atoms with E-state index in [1.54, 1.807) is 12.4 Å². The monoisotopic (exact) mass is 444 g/mol. The van der Waals surface area contributed by atoms with Crippen LogP contribution in [0.25, 0.3) is 0 Å². The Kier molecular flexibility index (Phi) is 6.65. The average molecular weight is 445 g/mol. The van der Waals surface area contributed by atoms with Crippen LogP contribution in [0.3, 0.4) is 0 Å². The molecule has 2 aromatic carbocycles. The van der Waals surface area contributed by atoms with E-state index in [2.05, 4.69) is 32.5 Å². The summed E-state index contributed by atoms with van der Waals surface area (Å²) in [7, 11) is 2.07. The third-order valence-electron chi connectivity index (χ3n) is 5.80. The molecule has 0 spiro atoms. The number of likely N-dealkylation sites (N-methyl/N-ethyl adjacent to an activating group) is 1. The largest absolute Gasteiger partial charge is 0.336 e. The lowest BCUT2D eigenvalue weighted by Crippen LogP contribution is -2.47. The van der Waals surface area contributed by atoms with Crippen LogP contribution >= 0.6 is 0 Å². The highest BCUT2D eigenvalue weighted by molar-refractivity contribution is 6.06. The predicted octanol–water partition coefficient (Wildman–Crippen LogP) is 3.48.